The number of hydrogen-bond donors (Lipinski definition) is 2. The molecule has 0 radical (unpaired) electrons. The van der Waals surface area contributed by atoms with Crippen LogP contribution in [-0.4, -0.2) is 33.9 Å². The van der Waals surface area contributed by atoms with Gasteiger partial charge in [0.05, 0.1) is 9.75 Å². The van der Waals surface area contributed by atoms with Crippen LogP contribution < -0.4 is 5.32 Å². The lowest BCUT2D eigenvalue weighted by Crippen LogP contribution is -2.42. The molecule has 2 rings (SSSR count). The summed E-state index contributed by atoms with van der Waals surface area (Å²) >= 11 is 3.42. The number of hydrogen-bond acceptors (Lipinski definition) is 6. The van der Waals surface area contributed by atoms with Gasteiger partial charge in [-0.05, 0) is 22.9 Å². The van der Waals surface area contributed by atoms with Crippen LogP contribution in [0.1, 0.15) is 19.3 Å². The van der Waals surface area contributed by atoms with Crippen LogP contribution in [0.2, 0.25) is 0 Å². The molecule has 0 spiro atoms. The summed E-state index contributed by atoms with van der Waals surface area (Å²) in [5.41, 5.74) is 0. The van der Waals surface area contributed by atoms with Gasteiger partial charge in [0.25, 0.3) is 5.91 Å². The number of amides is 1. The maximum atomic E-state index is 11.8. The minimum Gasteiger partial charge on any atom is -0.480 e. The molecule has 8 heteroatoms. The standard InChI is InChI=1S/C13H11NO4S3/c15-11(9-3-1-5-19-9)14-8(12(16)17)7-21-13(18)10-4-2-6-20-10/h1-6,8H,7H2,(H,14,15)(H,16,17). The lowest BCUT2D eigenvalue weighted by Gasteiger charge is -2.12. The van der Waals surface area contributed by atoms with Gasteiger partial charge in [0, 0.05) is 5.75 Å². The second-order valence-corrected chi connectivity index (χ2v) is 6.81. The van der Waals surface area contributed by atoms with Gasteiger partial charge in [0.15, 0.2) is 0 Å². The van der Waals surface area contributed by atoms with Crippen LogP contribution in [-0.2, 0) is 4.79 Å². The smallest absolute Gasteiger partial charge is 0.327 e. The minimum absolute atomic E-state index is 0.0107. The highest BCUT2D eigenvalue weighted by Crippen LogP contribution is 2.18. The van der Waals surface area contributed by atoms with E-state index in [1.165, 1.54) is 22.7 Å². The molecule has 0 bridgehead atoms. The number of thioether (sulfide) groups is 1. The summed E-state index contributed by atoms with van der Waals surface area (Å²) in [4.78, 5) is 35.8. The summed E-state index contributed by atoms with van der Waals surface area (Å²) in [6.45, 7) is 0. The third kappa shape index (κ3) is 4.42. The van der Waals surface area contributed by atoms with E-state index in [1.54, 1.807) is 35.0 Å². The Bertz CT molecular complexity index is 622. The van der Waals surface area contributed by atoms with Gasteiger partial charge in [-0.25, -0.2) is 4.79 Å². The van der Waals surface area contributed by atoms with E-state index >= 15 is 0 Å². The maximum Gasteiger partial charge on any atom is 0.327 e. The molecule has 0 saturated carbocycles. The monoisotopic (exact) mass is 341 g/mol. The van der Waals surface area contributed by atoms with Crippen molar-refractivity contribution >= 4 is 51.4 Å². The van der Waals surface area contributed by atoms with Crippen molar-refractivity contribution in [3.8, 4) is 0 Å². The van der Waals surface area contributed by atoms with Gasteiger partial charge < -0.3 is 10.4 Å². The highest BCUT2D eigenvalue weighted by molar-refractivity contribution is 8.14. The number of carboxylic acids is 1. The van der Waals surface area contributed by atoms with Crippen molar-refractivity contribution in [3.05, 3.63) is 44.8 Å². The number of carboxylic acid groups (broad SMARTS) is 1. The van der Waals surface area contributed by atoms with Crippen molar-refractivity contribution in [1.82, 2.24) is 5.32 Å². The van der Waals surface area contributed by atoms with E-state index in [0.717, 1.165) is 11.8 Å². The Morgan fingerprint density at radius 1 is 1.14 bits per heavy atom. The SMILES string of the molecule is O=C(NC(CSC(=O)c1cccs1)C(=O)O)c1cccs1. The molecule has 5 nitrogen and oxygen atoms in total. The van der Waals surface area contributed by atoms with Crippen molar-refractivity contribution in [1.29, 1.82) is 0 Å². The van der Waals surface area contributed by atoms with E-state index in [1.807, 2.05) is 0 Å². The molecule has 1 amide bonds. The second kappa shape index (κ2) is 7.39. The normalized spacial score (nSPS) is 11.8. The summed E-state index contributed by atoms with van der Waals surface area (Å²) in [7, 11) is 0. The fraction of sp³-hybridized carbons (Fsp3) is 0.154. The molecule has 2 aromatic heterocycles. The van der Waals surface area contributed by atoms with Gasteiger partial charge in [-0.1, -0.05) is 23.9 Å². The molecule has 110 valence electrons. The Morgan fingerprint density at radius 3 is 2.29 bits per heavy atom. The van der Waals surface area contributed by atoms with Gasteiger partial charge in [-0.2, -0.15) is 0 Å². The molecule has 1 unspecified atom stereocenters. The Balaban J connectivity index is 1.92. The van der Waals surface area contributed by atoms with E-state index in [9.17, 15) is 14.4 Å². The van der Waals surface area contributed by atoms with E-state index in [2.05, 4.69) is 5.32 Å². The molecule has 0 aliphatic rings. The molecule has 2 aromatic rings. The Morgan fingerprint density at radius 2 is 1.76 bits per heavy atom. The third-order valence-corrected chi connectivity index (χ3v) is 5.30. The van der Waals surface area contributed by atoms with E-state index in [-0.39, 0.29) is 10.9 Å². The number of carbonyl (C=O) groups excluding carboxylic acids is 2. The fourth-order valence-electron chi connectivity index (χ4n) is 1.44. The molecule has 0 saturated heterocycles. The largest absolute Gasteiger partial charge is 0.480 e. The topological polar surface area (TPSA) is 83.5 Å². The zero-order valence-electron chi connectivity index (χ0n) is 10.6. The molecule has 0 aromatic carbocycles. The highest BCUT2D eigenvalue weighted by Gasteiger charge is 2.23. The number of thiophene rings is 2. The van der Waals surface area contributed by atoms with Crippen molar-refractivity contribution in [2.75, 3.05) is 5.75 Å². The van der Waals surface area contributed by atoms with Gasteiger partial charge in [0.1, 0.15) is 6.04 Å². The first-order chi connectivity index (χ1) is 10.1. The number of rotatable bonds is 6. The molecule has 0 fully saturated rings. The van der Waals surface area contributed by atoms with Crippen LogP contribution in [0.25, 0.3) is 0 Å². The molecular formula is C13H11NO4S3. The van der Waals surface area contributed by atoms with Crippen LogP contribution >= 0.6 is 34.4 Å². The van der Waals surface area contributed by atoms with E-state index in [4.69, 9.17) is 5.11 Å². The van der Waals surface area contributed by atoms with E-state index < -0.39 is 17.9 Å². The van der Waals surface area contributed by atoms with Crippen LogP contribution in [0.3, 0.4) is 0 Å². The minimum atomic E-state index is -1.16. The van der Waals surface area contributed by atoms with Crippen LogP contribution in [0.4, 0.5) is 0 Å². The van der Waals surface area contributed by atoms with Crippen LogP contribution in [0, 0.1) is 0 Å². The zero-order chi connectivity index (χ0) is 15.2. The molecule has 21 heavy (non-hydrogen) atoms. The predicted molar refractivity (Wildman–Crippen MR) is 84.3 cm³/mol. The average Bonchev–Trinajstić information content (AvgIpc) is 3.14. The van der Waals surface area contributed by atoms with Gasteiger partial charge in [0.2, 0.25) is 5.12 Å². The summed E-state index contributed by atoms with van der Waals surface area (Å²) in [6, 6.07) is 5.66. The van der Waals surface area contributed by atoms with Crippen molar-refractivity contribution in [2.45, 2.75) is 6.04 Å². The molecule has 1 atom stereocenters. The first-order valence-corrected chi connectivity index (χ1v) is 8.60. The van der Waals surface area contributed by atoms with Gasteiger partial charge in [-0.3, -0.25) is 9.59 Å². The predicted octanol–water partition coefficient (Wildman–Crippen LogP) is 2.57. The van der Waals surface area contributed by atoms with Gasteiger partial charge >= 0.3 is 5.97 Å². The Hall–Kier alpha value is -1.64. The lowest BCUT2D eigenvalue weighted by molar-refractivity contribution is -0.138. The van der Waals surface area contributed by atoms with Gasteiger partial charge in [-0.15, -0.1) is 22.7 Å². The molecule has 2 N–H and O–H groups in total. The van der Waals surface area contributed by atoms with Crippen molar-refractivity contribution in [2.24, 2.45) is 0 Å². The average molecular weight is 341 g/mol. The van der Waals surface area contributed by atoms with E-state index in [0.29, 0.717) is 9.75 Å². The third-order valence-electron chi connectivity index (χ3n) is 2.45. The number of nitrogens with one attached hydrogen (secondary N) is 1. The van der Waals surface area contributed by atoms with Crippen LogP contribution in [0.5, 0.6) is 0 Å². The lowest BCUT2D eigenvalue weighted by atomic mass is 10.3. The molecular weight excluding hydrogens is 330 g/mol. The summed E-state index contributed by atoms with van der Waals surface area (Å²) in [6.07, 6.45) is 0. The quantitative estimate of drug-likeness (QED) is 0.844. The first kappa shape index (κ1) is 15.7. The maximum absolute atomic E-state index is 11.8. The second-order valence-electron chi connectivity index (χ2n) is 3.92. The molecule has 0 aliphatic carbocycles. The Labute approximate surface area is 133 Å². The van der Waals surface area contributed by atoms with Crippen LogP contribution in [0.15, 0.2) is 35.0 Å². The number of aliphatic carboxylic acids is 1. The summed E-state index contributed by atoms with van der Waals surface area (Å²) in [5, 5.41) is 14.9. The first-order valence-electron chi connectivity index (χ1n) is 5.85. The number of carbonyl (C=O) groups is 3. The fourth-order valence-corrected chi connectivity index (χ4v) is 3.70. The highest BCUT2D eigenvalue weighted by atomic mass is 32.2. The van der Waals surface area contributed by atoms with Crippen molar-refractivity contribution in [3.63, 3.8) is 0 Å². The summed E-state index contributed by atoms with van der Waals surface area (Å²) in [5.74, 6) is -1.61. The molecule has 0 aliphatic heterocycles. The Kier molecular flexibility index (Phi) is 5.54. The molecule has 2 heterocycles. The summed E-state index contributed by atoms with van der Waals surface area (Å²) < 4.78 is 0. The van der Waals surface area contributed by atoms with Crippen molar-refractivity contribution < 1.29 is 19.5 Å². The zero-order valence-corrected chi connectivity index (χ0v) is 13.1.